The lowest BCUT2D eigenvalue weighted by Crippen LogP contribution is -2.56. The highest BCUT2D eigenvalue weighted by molar-refractivity contribution is 5.93. The first-order chi connectivity index (χ1) is 8.67. The van der Waals surface area contributed by atoms with Crippen LogP contribution in [0.5, 0.6) is 0 Å². The monoisotopic (exact) mass is 251 g/mol. The first-order valence-electron chi connectivity index (χ1n) is 6.42. The Morgan fingerprint density at radius 3 is 3.06 bits per heavy atom. The van der Waals surface area contributed by atoms with Crippen molar-refractivity contribution in [3.63, 3.8) is 0 Å². The number of nitrogens with zero attached hydrogens (tertiary/aromatic N) is 3. The zero-order valence-electron chi connectivity index (χ0n) is 11.0. The van der Waals surface area contributed by atoms with Gasteiger partial charge in [0.1, 0.15) is 5.69 Å². The largest absolute Gasteiger partial charge is 0.331 e. The maximum absolute atomic E-state index is 12.5. The zero-order valence-corrected chi connectivity index (χ0v) is 11.0. The smallest absolute Gasteiger partial charge is 0.272 e. The molecule has 1 amide bonds. The van der Waals surface area contributed by atoms with E-state index in [9.17, 15) is 4.79 Å². The molecular formula is C12H21N5O. The fourth-order valence-electron chi connectivity index (χ4n) is 2.29. The molecule has 0 spiro atoms. The van der Waals surface area contributed by atoms with Crippen LogP contribution in [0.4, 0.5) is 0 Å². The van der Waals surface area contributed by atoms with Gasteiger partial charge >= 0.3 is 0 Å². The Bertz CT molecular complexity index is 428. The summed E-state index contributed by atoms with van der Waals surface area (Å²) in [6.07, 6.45) is 0.836. The highest BCUT2D eigenvalue weighted by Gasteiger charge is 2.28. The summed E-state index contributed by atoms with van der Waals surface area (Å²) in [5, 5.41) is 7.57. The number of rotatable bonds is 3. The zero-order chi connectivity index (χ0) is 13.1. The molecule has 0 saturated carbocycles. The van der Waals surface area contributed by atoms with E-state index in [4.69, 9.17) is 5.73 Å². The molecule has 0 aliphatic carbocycles. The number of carbonyl (C=O) groups is 1. The molecule has 18 heavy (non-hydrogen) atoms. The standard InChI is InChI=1S/C12H21N5O/c1-3-9-6-11(16(2)15-9)12(18)17-5-4-14-8-10(17)7-13/h6,10,14H,3-5,7-8,13H2,1-2H3. The molecule has 3 N–H and O–H groups in total. The second-order valence-corrected chi connectivity index (χ2v) is 4.59. The molecule has 1 aliphatic heterocycles. The van der Waals surface area contributed by atoms with E-state index in [1.165, 1.54) is 0 Å². The molecule has 100 valence electrons. The van der Waals surface area contributed by atoms with Gasteiger partial charge in [-0.3, -0.25) is 9.48 Å². The normalized spacial score (nSPS) is 20.2. The minimum Gasteiger partial charge on any atom is -0.331 e. The van der Waals surface area contributed by atoms with Gasteiger partial charge in [0.15, 0.2) is 0 Å². The third kappa shape index (κ3) is 2.39. The molecule has 1 fully saturated rings. The summed E-state index contributed by atoms with van der Waals surface area (Å²) in [6, 6.07) is 1.95. The van der Waals surface area contributed by atoms with Crippen molar-refractivity contribution in [2.45, 2.75) is 19.4 Å². The van der Waals surface area contributed by atoms with Crippen LogP contribution in [0.3, 0.4) is 0 Å². The number of amides is 1. The fraction of sp³-hybridized carbons (Fsp3) is 0.667. The van der Waals surface area contributed by atoms with Crippen molar-refractivity contribution in [1.82, 2.24) is 20.0 Å². The first-order valence-corrected chi connectivity index (χ1v) is 6.42. The van der Waals surface area contributed by atoms with Crippen LogP contribution < -0.4 is 11.1 Å². The van der Waals surface area contributed by atoms with Crippen LogP contribution >= 0.6 is 0 Å². The predicted octanol–water partition coefficient (Wildman–Crippen LogP) is -0.645. The Hall–Kier alpha value is -1.40. The molecular weight excluding hydrogens is 230 g/mol. The lowest BCUT2D eigenvalue weighted by molar-refractivity contribution is 0.0633. The molecule has 2 heterocycles. The summed E-state index contributed by atoms with van der Waals surface area (Å²) in [7, 11) is 1.81. The van der Waals surface area contributed by atoms with Crippen molar-refractivity contribution in [2.75, 3.05) is 26.2 Å². The van der Waals surface area contributed by atoms with Crippen molar-refractivity contribution in [1.29, 1.82) is 0 Å². The van der Waals surface area contributed by atoms with Gasteiger partial charge in [0.25, 0.3) is 5.91 Å². The summed E-state index contributed by atoms with van der Waals surface area (Å²) in [5.41, 5.74) is 7.31. The summed E-state index contributed by atoms with van der Waals surface area (Å²) in [5.74, 6) is 0.0293. The maximum Gasteiger partial charge on any atom is 0.272 e. The lowest BCUT2D eigenvalue weighted by atomic mass is 10.1. The molecule has 1 aliphatic rings. The van der Waals surface area contributed by atoms with E-state index < -0.39 is 0 Å². The van der Waals surface area contributed by atoms with Gasteiger partial charge in [0.2, 0.25) is 0 Å². The number of nitrogens with one attached hydrogen (secondary N) is 1. The molecule has 0 aromatic carbocycles. The number of hydrogen-bond donors (Lipinski definition) is 2. The van der Waals surface area contributed by atoms with Gasteiger partial charge in [-0.1, -0.05) is 6.92 Å². The molecule has 6 nitrogen and oxygen atoms in total. The minimum absolute atomic E-state index is 0.0293. The van der Waals surface area contributed by atoms with E-state index in [2.05, 4.69) is 10.4 Å². The van der Waals surface area contributed by atoms with Crippen LogP contribution in [0, 0.1) is 0 Å². The maximum atomic E-state index is 12.5. The molecule has 1 aromatic heterocycles. The molecule has 1 atom stereocenters. The van der Waals surface area contributed by atoms with Crippen molar-refractivity contribution in [3.8, 4) is 0 Å². The van der Waals surface area contributed by atoms with Gasteiger partial charge in [-0.2, -0.15) is 5.10 Å². The van der Waals surface area contributed by atoms with Crippen molar-refractivity contribution in [2.24, 2.45) is 12.8 Å². The van der Waals surface area contributed by atoms with Gasteiger partial charge in [0.05, 0.1) is 11.7 Å². The van der Waals surface area contributed by atoms with Gasteiger partial charge in [-0.15, -0.1) is 0 Å². The number of carbonyl (C=O) groups excluding carboxylic acids is 1. The second kappa shape index (κ2) is 5.49. The summed E-state index contributed by atoms with van der Waals surface area (Å²) in [6.45, 7) is 4.80. The third-order valence-electron chi connectivity index (χ3n) is 3.39. The Balaban J connectivity index is 2.20. The van der Waals surface area contributed by atoms with Crippen molar-refractivity contribution in [3.05, 3.63) is 17.5 Å². The molecule has 1 unspecified atom stereocenters. The van der Waals surface area contributed by atoms with Crippen LogP contribution in [0.1, 0.15) is 23.1 Å². The highest BCUT2D eigenvalue weighted by atomic mass is 16.2. The van der Waals surface area contributed by atoms with Crippen LogP contribution in [0.2, 0.25) is 0 Å². The fourth-order valence-corrected chi connectivity index (χ4v) is 2.29. The van der Waals surface area contributed by atoms with Gasteiger partial charge in [0, 0.05) is 33.2 Å². The molecule has 2 rings (SSSR count). The van der Waals surface area contributed by atoms with E-state index >= 15 is 0 Å². The number of aryl methyl sites for hydroxylation is 2. The predicted molar refractivity (Wildman–Crippen MR) is 69.3 cm³/mol. The Kier molecular flexibility index (Phi) is 3.98. The average molecular weight is 251 g/mol. The topological polar surface area (TPSA) is 76.2 Å². The molecule has 0 radical (unpaired) electrons. The second-order valence-electron chi connectivity index (χ2n) is 4.59. The number of piperazine rings is 1. The SMILES string of the molecule is CCc1cc(C(=O)N2CCNCC2CN)n(C)n1. The summed E-state index contributed by atoms with van der Waals surface area (Å²) >= 11 is 0. The Labute approximate surface area is 107 Å². The highest BCUT2D eigenvalue weighted by Crippen LogP contribution is 2.11. The minimum atomic E-state index is 0.0293. The number of nitrogens with two attached hydrogens (primary N) is 1. The Morgan fingerprint density at radius 1 is 1.67 bits per heavy atom. The Morgan fingerprint density at radius 2 is 2.44 bits per heavy atom. The van der Waals surface area contributed by atoms with Gasteiger partial charge < -0.3 is 16.0 Å². The quantitative estimate of drug-likeness (QED) is 0.749. The van der Waals surface area contributed by atoms with Crippen molar-refractivity contribution < 1.29 is 4.79 Å². The van der Waals surface area contributed by atoms with Crippen LogP contribution in [0.25, 0.3) is 0 Å². The third-order valence-corrected chi connectivity index (χ3v) is 3.39. The van der Waals surface area contributed by atoms with E-state index in [1.807, 2.05) is 24.9 Å². The molecule has 1 saturated heterocycles. The number of hydrogen-bond acceptors (Lipinski definition) is 4. The van der Waals surface area contributed by atoms with E-state index in [1.54, 1.807) is 4.68 Å². The first kappa shape index (κ1) is 13.0. The van der Waals surface area contributed by atoms with E-state index in [0.29, 0.717) is 18.8 Å². The lowest BCUT2D eigenvalue weighted by Gasteiger charge is -2.35. The van der Waals surface area contributed by atoms with E-state index in [-0.39, 0.29) is 11.9 Å². The summed E-state index contributed by atoms with van der Waals surface area (Å²) in [4.78, 5) is 14.4. The van der Waals surface area contributed by atoms with Crippen LogP contribution in [0.15, 0.2) is 6.07 Å². The summed E-state index contributed by atoms with van der Waals surface area (Å²) < 4.78 is 1.66. The van der Waals surface area contributed by atoms with Crippen molar-refractivity contribution >= 4 is 5.91 Å². The molecule has 1 aromatic rings. The molecule has 0 bridgehead atoms. The molecule has 6 heteroatoms. The van der Waals surface area contributed by atoms with Crippen LogP contribution in [-0.4, -0.2) is 52.8 Å². The number of aromatic nitrogens is 2. The van der Waals surface area contributed by atoms with E-state index in [0.717, 1.165) is 25.2 Å². The average Bonchev–Trinajstić information content (AvgIpc) is 2.79. The van der Waals surface area contributed by atoms with Gasteiger partial charge in [-0.05, 0) is 12.5 Å². The van der Waals surface area contributed by atoms with Gasteiger partial charge in [-0.25, -0.2) is 0 Å². The van der Waals surface area contributed by atoms with Crippen LogP contribution in [-0.2, 0) is 13.5 Å².